The van der Waals surface area contributed by atoms with Crippen molar-refractivity contribution >= 4 is 11.6 Å². The van der Waals surface area contributed by atoms with E-state index in [1.807, 2.05) is 13.8 Å². The maximum atomic E-state index is 12.1. The van der Waals surface area contributed by atoms with Crippen LogP contribution in [-0.2, 0) is 9.59 Å². The van der Waals surface area contributed by atoms with Crippen LogP contribution in [-0.4, -0.2) is 11.6 Å². The Kier molecular flexibility index (Phi) is 7.81. The molecule has 0 rings (SSSR count). The molecular formula is C16H28O2. The van der Waals surface area contributed by atoms with Crippen LogP contribution < -0.4 is 0 Å². The second kappa shape index (κ2) is 8.23. The molecule has 0 heterocycles. The molecule has 18 heavy (non-hydrogen) atoms. The number of carbonyl (C=O) groups excluding carboxylic acids is 2. The van der Waals surface area contributed by atoms with Crippen molar-refractivity contribution < 1.29 is 9.59 Å². The van der Waals surface area contributed by atoms with Crippen LogP contribution in [0.25, 0.3) is 0 Å². The summed E-state index contributed by atoms with van der Waals surface area (Å²) in [6.07, 6.45) is 2.42. The number of rotatable bonds is 8. The molecule has 0 fully saturated rings. The van der Waals surface area contributed by atoms with Crippen molar-refractivity contribution in [3.05, 3.63) is 11.1 Å². The van der Waals surface area contributed by atoms with E-state index in [4.69, 9.17) is 0 Å². The second-order valence-corrected chi connectivity index (χ2v) is 5.71. The van der Waals surface area contributed by atoms with Crippen molar-refractivity contribution in [1.29, 1.82) is 0 Å². The van der Waals surface area contributed by atoms with Gasteiger partial charge in [-0.1, -0.05) is 41.5 Å². The molecule has 0 amide bonds. The van der Waals surface area contributed by atoms with Crippen molar-refractivity contribution in [1.82, 2.24) is 0 Å². The second-order valence-electron chi connectivity index (χ2n) is 5.71. The minimum atomic E-state index is 0.140. The first-order valence-corrected chi connectivity index (χ1v) is 7.11. The fourth-order valence-corrected chi connectivity index (χ4v) is 2.05. The average molecular weight is 252 g/mol. The molecule has 2 nitrogen and oxygen atoms in total. The lowest BCUT2D eigenvalue weighted by Crippen LogP contribution is -2.14. The van der Waals surface area contributed by atoms with E-state index in [1.165, 1.54) is 0 Å². The minimum Gasteiger partial charge on any atom is -0.295 e. The topological polar surface area (TPSA) is 34.1 Å². The summed E-state index contributed by atoms with van der Waals surface area (Å²) >= 11 is 0. The van der Waals surface area contributed by atoms with E-state index in [2.05, 4.69) is 27.7 Å². The van der Waals surface area contributed by atoms with E-state index >= 15 is 0 Å². The summed E-state index contributed by atoms with van der Waals surface area (Å²) in [5.74, 6) is 1.09. The zero-order chi connectivity index (χ0) is 14.3. The lowest BCUT2D eigenvalue weighted by molar-refractivity contribution is -0.118. The monoisotopic (exact) mass is 252 g/mol. The highest BCUT2D eigenvalue weighted by Gasteiger charge is 2.20. The lowest BCUT2D eigenvalue weighted by Gasteiger charge is -2.16. The molecule has 0 aliphatic rings. The van der Waals surface area contributed by atoms with Crippen LogP contribution >= 0.6 is 0 Å². The predicted molar refractivity (Wildman–Crippen MR) is 76.5 cm³/mol. The molecule has 0 atom stereocenters. The summed E-state index contributed by atoms with van der Waals surface area (Å²) in [6, 6.07) is 0. The highest BCUT2D eigenvalue weighted by atomic mass is 16.1. The first-order chi connectivity index (χ1) is 8.33. The van der Waals surface area contributed by atoms with E-state index in [0.29, 0.717) is 24.7 Å². The minimum absolute atomic E-state index is 0.140. The van der Waals surface area contributed by atoms with E-state index in [9.17, 15) is 9.59 Å². The molecule has 0 aromatic heterocycles. The van der Waals surface area contributed by atoms with Gasteiger partial charge in [-0.25, -0.2) is 0 Å². The van der Waals surface area contributed by atoms with Crippen LogP contribution in [0.4, 0.5) is 0 Å². The molecule has 0 saturated carbocycles. The van der Waals surface area contributed by atoms with Crippen LogP contribution in [0.5, 0.6) is 0 Å². The van der Waals surface area contributed by atoms with Gasteiger partial charge >= 0.3 is 0 Å². The summed E-state index contributed by atoms with van der Waals surface area (Å²) in [5.41, 5.74) is 1.57. The molecule has 0 spiro atoms. The van der Waals surface area contributed by atoms with Gasteiger partial charge in [0.25, 0.3) is 0 Å². The third kappa shape index (κ3) is 5.61. The summed E-state index contributed by atoms with van der Waals surface area (Å²) in [6.45, 7) is 12.1. The quantitative estimate of drug-likeness (QED) is 0.602. The maximum Gasteiger partial charge on any atom is 0.158 e. The van der Waals surface area contributed by atoms with Crippen molar-refractivity contribution in [3.8, 4) is 0 Å². The van der Waals surface area contributed by atoms with Gasteiger partial charge in [-0.2, -0.15) is 0 Å². The predicted octanol–water partition coefficient (Wildman–Crippen LogP) is 4.33. The Bertz CT molecular complexity index is 290. The summed E-state index contributed by atoms with van der Waals surface area (Å²) in [7, 11) is 0. The average Bonchev–Trinajstić information content (AvgIpc) is 2.30. The zero-order valence-electron chi connectivity index (χ0n) is 12.8. The summed E-state index contributed by atoms with van der Waals surface area (Å²) in [4.78, 5) is 24.2. The van der Waals surface area contributed by atoms with Gasteiger partial charge in [-0.3, -0.25) is 9.59 Å². The smallest absolute Gasteiger partial charge is 0.158 e. The number of carbonyl (C=O) groups is 2. The first-order valence-electron chi connectivity index (χ1n) is 7.11. The Hall–Kier alpha value is -0.920. The molecule has 0 aliphatic carbocycles. The van der Waals surface area contributed by atoms with Crippen molar-refractivity contribution in [2.24, 2.45) is 11.8 Å². The van der Waals surface area contributed by atoms with Gasteiger partial charge in [0.15, 0.2) is 11.6 Å². The molecule has 0 radical (unpaired) electrons. The zero-order valence-corrected chi connectivity index (χ0v) is 12.8. The fraction of sp³-hybridized carbons (Fsp3) is 0.750. The van der Waals surface area contributed by atoms with E-state index in [1.54, 1.807) is 0 Å². The fourth-order valence-electron chi connectivity index (χ4n) is 2.05. The Labute approximate surface area is 112 Å². The number of Topliss-reactive ketones (excluding diaryl/α,β-unsaturated/α-hetero) is 2. The van der Waals surface area contributed by atoms with Crippen molar-refractivity contribution in [2.45, 2.75) is 67.2 Å². The molecule has 0 unspecified atom stereocenters. The summed E-state index contributed by atoms with van der Waals surface area (Å²) in [5, 5.41) is 0. The van der Waals surface area contributed by atoms with E-state index in [0.717, 1.165) is 24.0 Å². The molecule has 0 aromatic carbocycles. The third-order valence-electron chi connectivity index (χ3n) is 2.90. The Morgan fingerprint density at radius 1 is 0.722 bits per heavy atom. The van der Waals surface area contributed by atoms with E-state index < -0.39 is 0 Å². The Balaban J connectivity index is 5.50. The Morgan fingerprint density at radius 3 is 1.17 bits per heavy atom. The number of hydrogen-bond donors (Lipinski definition) is 0. The molecule has 0 aromatic rings. The molecular weight excluding hydrogens is 224 g/mol. The molecule has 0 aliphatic heterocycles. The SMILES string of the molecule is CCC(=O)C(CC(C)C)=C(CC(C)C)C(=O)CC. The van der Waals surface area contributed by atoms with Gasteiger partial charge in [0, 0.05) is 24.0 Å². The molecule has 104 valence electrons. The van der Waals surface area contributed by atoms with Crippen molar-refractivity contribution in [2.75, 3.05) is 0 Å². The first kappa shape index (κ1) is 17.1. The number of hydrogen-bond acceptors (Lipinski definition) is 2. The maximum absolute atomic E-state index is 12.1. The largest absolute Gasteiger partial charge is 0.295 e. The Morgan fingerprint density at radius 2 is 1.00 bits per heavy atom. The molecule has 0 N–H and O–H groups in total. The van der Waals surface area contributed by atoms with Crippen LogP contribution in [0.2, 0.25) is 0 Å². The number of ketones is 2. The van der Waals surface area contributed by atoms with Crippen LogP contribution in [0, 0.1) is 11.8 Å². The van der Waals surface area contributed by atoms with Gasteiger partial charge < -0.3 is 0 Å². The number of allylic oxidation sites excluding steroid dienone is 2. The highest BCUT2D eigenvalue weighted by molar-refractivity contribution is 6.06. The molecule has 2 heteroatoms. The van der Waals surface area contributed by atoms with Gasteiger partial charge in [0.2, 0.25) is 0 Å². The normalized spacial score (nSPS) is 12.9. The van der Waals surface area contributed by atoms with Gasteiger partial charge in [-0.15, -0.1) is 0 Å². The highest BCUT2D eigenvalue weighted by Crippen LogP contribution is 2.24. The van der Waals surface area contributed by atoms with Crippen LogP contribution in [0.3, 0.4) is 0 Å². The van der Waals surface area contributed by atoms with Gasteiger partial charge in [-0.05, 0) is 24.7 Å². The van der Waals surface area contributed by atoms with E-state index in [-0.39, 0.29) is 11.6 Å². The third-order valence-corrected chi connectivity index (χ3v) is 2.90. The van der Waals surface area contributed by atoms with Crippen LogP contribution in [0.1, 0.15) is 67.2 Å². The molecule has 0 bridgehead atoms. The van der Waals surface area contributed by atoms with Gasteiger partial charge in [0.1, 0.15) is 0 Å². The van der Waals surface area contributed by atoms with Crippen molar-refractivity contribution in [3.63, 3.8) is 0 Å². The van der Waals surface area contributed by atoms with Gasteiger partial charge in [0.05, 0.1) is 0 Å². The van der Waals surface area contributed by atoms with Crippen LogP contribution in [0.15, 0.2) is 11.1 Å². The summed E-state index contributed by atoms with van der Waals surface area (Å²) < 4.78 is 0. The standard InChI is InChI=1S/C16H28O2/c1-7-15(17)13(9-11(3)4)14(10-12(5)6)16(18)8-2/h11-12H,7-10H2,1-6H3. The molecule has 0 saturated heterocycles. The lowest BCUT2D eigenvalue weighted by atomic mass is 9.87.